The van der Waals surface area contributed by atoms with Crippen molar-refractivity contribution in [3.8, 4) is 0 Å². The number of likely N-dealkylation sites (tertiary alicyclic amines) is 1. The SMILES string of the molecule is COC(=O)C(C)C(C)N1CCCCC1C1CCCN1. The van der Waals surface area contributed by atoms with Gasteiger partial charge in [0.25, 0.3) is 0 Å². The van der Waals surface area contributed by atoms with Crippen molar-refractivity contribution < 1.29 is 9.53 Å². The quantitative estimate of drug-likeness (QED) is 0.789. The Hall–Kier alpha value is -0.610. The first-order chi connectivity index (χ1) is 9.15. The summed E-state index contributed by atoms with van der Waals surface area (Å²) in [6.07, 6.45) is 6.40. The smallest absolute Gasteiger partial charge is 0.309 e. The van der Waals surface area contributed by atoms with E-state index in [1.165, 1.54) is 39.2 Å². The zero-order valence-electron chi connectivity index (χ0n) is 12.5. The second-order valence-electron chi connectivity index (χ2n) is 6.06. The fourth-order valence-electron chi connectivity index (χ4n) is 3.63. The summed E-state index contributed by atoms with van der Waals surface area (Å²) in [6, 6.07) is 1.48. The lowest BCUT2D eigenvalue weighted by molar-refractivity contribution is -0.147. The first-order valence-corrected chi connectivity index (χ1v) is 7.72. The molecule has 110 valence electrons. The van der Waals surface area contributed by atoms with E-state index >= 15 is 0 Å². The van der Waals surface area contributed by atoms with Crippen molar-refractivity contribution in [3.05, 3.63) is 0 Å². The van der Waals surface area contributed by atoms with Crippen LogP contribution in [-0.2, 0) is 9.53 Å². The molecule has 4 unspecified atom stereocenters. The minimum atomic E-state index is -0.0868. The number of ether oxygens (including phenoxy) is 1. The lowest BCUT2D eigenvalue weighted by atomic mass is 9.90. The molecule has 4 heteroatoms. The Bertz CT molecular complexity index is 303. The van der Waals surface area contributed by atoms with Gasteiger partial charge in [-0.15, -0.1) is 0 Å². The number of esters is 1. The van der Waals surface area contributed by atoms with Crippen LogP contribution in [0.3, 0.4) is 0 Å². The van der Waals surface area contributed by atoms with Gasteiger partial charge in [0.2, 0.25) is 0 Å². The van der Waals surface area contributed by atoms with E-state index in [9.17, 15) is 4.79 Å². The van der Waals surface area contributed by atoms with Crippen molar-refractivity contribution in [3.63, 3.8) is 0 Å². The zero-order valence-corrected chi connectivity index (χ0v) is 12.5. The molecule has 2 saturated heterocycles. The Kier molecular flexibility index (Phi) is 5.22. The lowest BCUT2D eigenvalue weighted by Gasteiger charge is -2.44. The second kappa shape index (κ2) is 6.71. The molecule has 4 nitrogen and oxygen atoms in total. The highest BCUT2D eigenvalue weighted by molar-refractivity contribution is 5.72. The Morgan fingerprint density at radius 1 is 1.26 bits per heavy atom. The van der Waals surface area contributed by atoms with Crippen molar-refractivity contribution in [2.45, 2.75) is 64.1 Å². The van der Waals surface area contributed by atoms with Crippen molar-refractivity contribution in [2.75, 3.05) is 20.2 Å². The number of carbonyl (C=O) groups excluding carboxylic acids is 1. The van der Waals surface area contributed by atoms with Crippen molar-refractivity contribution >= 4 is 5.97 Å². The number of piperidine rings is 1. The third kappa shape index (κ3) is 3.29. The van der Waals surface area contributed by atoms with E-state index in [1.54, 1.807) is 0 Å². The molecule has 0 aliphatic carbocycles. The van der Waals surface area contributed by atoms with Crippen LogP contribution in [0, 0.1) is 5.92 Å². The molecule has 0 aromatic carbocycles. The van der Waals surface area contributed by atoms with Gasteiger partial charge in [-0.3, -0.25) is 9.69 Å². The molecule has 0 amide bonds. The highest BCUT2D eigenvalue weighted by Crippen LogP contribution is 2.28. The van der Waals surface area contributed by atoms with Gasteiger partial charge < -0.3 is 10.1 Å². The van der Waals surface area contributed by atoms with Crippen LogP contribution in [0.4, 0.5) is 0 Å². The maximum Gasteiger partial charge on any atom is 0.309 e. The summed E-state index contributed by atoms with van der Waals surface area (Å²) in [5, 5.41) is 3.64. The van der Waals surface area contributed by atoms with Crippen LogP contribution in [0.25, 0.3) is 0 Å². The third-order valence-electron chi connectivity index (χ3n) is 4.97. The van der Waals surface area contributed by atoms with Crippen LogP contribution in [0.15, 0.2) is 0 Å². The fourth-order valence-corrected chi connectivity index (χ4v) is 3.63. The van der Waals surface area contributed by atoms with Gasteiger partial charge in [0, 0.05) is 18.1 Å². The zero-order chi connectivity index (χ0) is 13.8. The predicted octanol–water partition coefficient (Wildman–Crippen LogP) is 1.79. The van der Waals surface area contributed by atoms with Gasteiger partial charge in [0.05, 0.1) is 13.0 Å². The summed E-state index contributed by atoms with van der Waals surface area (Å²) in [5.74, 6) is -0.136. The predicted molar refractivity (Wildman–Crippen MR) is 76.0 cm³/mol. The van der Waals surface area contributed by atoms with Crippen molar-refractivity contribution in [2.24, 2.45) is 5.92 Å². The number of nitrogens with one attached hydrogen (secondary N) is 1. The summed E-state index contributed by atoms with van der Waals surface area (Å²) in [5.41, 5.74) is 0. The molecule has 1 N–H and O–H groups in total. The molecule has 0 saturated carbocycles. The minimum absolute atomic E-state index is 0.0491. The first kappa shape index (κ1) is 14.8. The van der Waals surface area contributed by atoms with E-state index in [0.29, 0.717) is 12.1 Å². The summed E-state index contributed by atoms with van der Waals surface area (Å²) < 4.78 is 4.90. The summed E-state index contributed by atoms with van der Waals surface area (Å²) in [7, 11) is 1.48. The second-order valence-corrected chi connectivity index (χ2v) is 6.06. The molecule has 4 atom stereocenters. The lowest BCUT2D eigenvalue weighted by Crippen LogP contribution is -2.55. The molecule has 0 spiro atoms. The van der Waals surface area contributed by atoms with Gasteiger partial charge in [-0.2, -0.15) is 0 Å². The number of hydrogen-bond acceptors (Lipinski definition) is 4. The van der Waals surface area contributed by atoms with E-state index in [1.807, 2.05) is 6.92 Å². The number of rotatable bonds is 4. The molecule has 2 rings (SSSR count). The van der Waals surface area contributed by atoms with Gasteiger partial charge in [-0.25, -0.2) is 0 Å². The normalized spacial score (nSPS) is 31.9. The number of nitrogens with zero attached hydrogens (tertiary/aromatic N) is 1. The summed E-state index contributed by atoms with van der Waals surface area (Å²) in [4.78, 5) is 14.3. The standard InChI is InChI=1S/C15H28N2O2/c1-11(15(18)19-3)12(2)17-10-5-4-8-14(17)13-7-6-9-16-13/h11-14,16H,4-10H2,1-3H3. The Balaban J connectivity index is 2.03. The molecule has 2 fully saturated rings. The van der Waals surface area contributed by atoms with Crippen LogP contribution >= 0.6 is 0 Å². The summed E-state index contributed by atoms with van der Waals surface area (Å²) >= 11 is 0. The average molecular weight is 268 g/mol. The third-order valence-corrected chi connectivity index (χ3v) is 4.97. The molecule has 2 aliphatic rings. The maximum absolute atomic E-state index is 11.8. The van der Waals surface area contributed by atoms with Crippen LogP contribution in [0.5, 0.6) is 0 Å². The maximum atomic E-state index is 11.8. The minimum Gasteiger partial charge on any atom is -0.469 e. The van der Waals surface area contributed by atoms with E-state index in [0.717, 1.165) is 13.1 Å². The van der Waals surface area contributed by atoms with Crippen molar-refractivity contribution in [1.29, 1.82) is 0 Å². The molecule has 2 aliphatic heterocycles. The van der Waals surface area contributed by atoms with E-state index in [-0.39, 0.29) is 17.9 Å². The number of hydrogen-bond donors (Lipinski definition) is 1. The van der Waals surface area contributed by atoms with E-state index in [2.05, 4.69) is 17.1 Å². The van der Waals surface area contributed by atoms with Gasteiger partial charge >= 0.3 is 5.97 Å². The van der Waals surface area contributed by atoms with Crippen molar-refractivity contribution in [1.82, 2.24) is 10.2 Å². The summed E-state index contributed by atoms with van der Waals surface area (Å²) in [6.45, 7) is 6.43. The highest BCUT2D eigenvalue weighted by atomic mass is 16.5. The number of methoxy groups -OCH3 is 1. The molecule has 0 aromatic heterocycles. The molecule has 19 heavy (non-hydrogen) atoms. The van der Waals surface area contributed by atoms with Gasteiger partial charge in [0.1, 0.15) is 0 Å². The molecule has 2 heterocycles. The van der Waals surface area contributed by atoms with E-state index in [4.69, 9.17) is 4.74 Å². The molecule has 0 radical (unpaired) electrons. The van der Waals surface area contributed by atoms with Crippen LogP contribution in [0.1, 0.15) is 46.0 Å². The molecular weight excluding hydrogens is 240 g/mol. The average Bonchev–Trinajstić information content (AvgIpc) is 2.99. The fraction of sp³-hybridized carbons (Fsp3) is 0.933. The van der Waals surface area contributed by atoms with Crippen LogP contribution < -0.4 is 5.32 Å². The number of carbonyl (C=O) groups is 1. The van der Waals surface area contributed by atoms with Gasteiger partial charge in [0.15, 0.2) is 0 Å². The molecule has 0 aromatic rings. The largest absolute Gasteiger partial charge is 0.469 e. The Morgan fingerprint density at radius 2 is 2.05 bits per heavy atom. The van der Waals surface area contributed by atoms with Gasteiger partial charge in [-0.1, -0.05) is 13.3 Å². The Labute approximate surface area is 116 Å². The Morgan fingerprint density at radius 3 is 2.68 bits per heavy atom. The van der Waals surface area contributed by atoms with Crippen LogP contribution in [-0.4, -0.2) is 49.2 Å². The first-order valence-electron chi connectivity index (χ1n) is 7.72. The molecule has 0 bridgehead atoms. The monoisotopic (exact) mass is 268 g/mol. The van der Waals surface area contributed by atoms with Crippen LogP contribution in [0.2, 0.25) is 0 Å². The highest BCUT2D eigenvalue weighted by Gasteiger charge is 2.37. The molecular formula is C15H28N2O2. The van der Waals surface area contributed by atoms with E-state index < -0.39 is 0 Å². The van der Waals surface area contributed by atoms with Gasteiger partial charge in [-0.05, 0) is 45.7 Å². The topological polar surface area (TPSA) is 41.6 Å².